The highest BCUT2D eigenvalue weighted by molar-refractivity contribution is 6.13. The van der Waals surface area contributed by atoms with Gasteiger partial charge in [0.2, 0.25) is 0 Å². The molecule has 0 spiro atoms. The van der Waals surface area contributed by atoms with Gasteiger partial charge in [-0.15, -0.1) is 0 Å². The molecule has 1 saturated heterocycles. The van der Waals surface area contributed by atoms with Gasteiger partial charge >= 0.3 is 0 Å². The van der Waals surface area contributed by atoms with E-state index in [-0.39, 0.29) is 0 Å². The van der Waals surface area contributed by atoms with Crippen LogP contribution < -0.4 is 4.90 Å². The van der Waals surface area contributed by atoms with E-state index in [1.54, 1.807) is 0 Å². The Morgan fingerprint density at radius 3 is 2.38 bits per heavy atom. The van der Waals surface area contributed by atoms with Crippen molar-refractivity contribution < 1.29 is 0 Å². The van der Waals surface area contributed by atoms with Crippen molar-refractivity contribution in [2.24, 2.45) is 9.98 Å². The van der Waals surface area contributed by atoms with E-state index < -0.39 is 0 Å². The lowest BCUT2D eigenvalue weighted by atomic mass is 10.0. The SMILES string of the molecule is Cc1cc(C2=CC3=CCC=NC3=N2)cc(C)c1N1CCN(C)CC1. The highest BCUT2D eigenvalue weighted by Gasteiger charge is 2.21. The summed E-state index contributed by atoms with van der Waals surface area (Å²) >= 11 is 0. The summed E-state index contributed by atoms with van der Waals surface area (Å²) in [5, 5.41) is 0. The summed E-state index contributed by atoms with van der Waals surface area (Å²) in [6.07, 6.45) is 7.18. The summed E-state index contributed by atoms with van der Waals surface area (Å²) in [6.45, 7) is 8.90. The Bertz CT molecular complexity index is 767. The third-order valence-corrected chi connectivity index (χ3v) is 5.04. The minimum Gasteiger partial charge on any atom is -0.369 e. The Balaban J connectivity index is 1.66. The average Bonchev–Trinajstić information content (AvgIpc) is 3.00. The Kier molecular flexibility index (Phi) is 3.85. The smallest absolute Gasteiger partial charge is 0.159 e. The molecule has 3 aliphatic rings. The Hall–Kier alpha value is -2.20. The molecular formula is C20H24N4. The van der Waals surface area contributed by atoms with Gasteiger partial charge in [-0.1, -0.05) is 6.08 Å². The van der Waals surface area contributed by atoms with Crippen molar-refractivity contribution in [3.8, 4) is 0 Å². The molecule has 1 fully saturated rings. The normalized spacial score (nSPS) is 20.6. The van der Waals surface area contributed by atoms with Crippen LogP contribution in [0.25, 0.3) is 5.70 Å². The van der Waals surface area contributed by atoms with E-state index >= 15 is 0 Å². The van der Waals surface area contributed by atoms with Gasteiger partial charge in [-0.25, -0.2) is 9.98 Å². The van der Waals surface area contributed by atoms with Crippen LogP contribution in [0.5, 0.6) is 0 Å². The minimum atomic E-state index is 0.856. The lowest BCUT2D eigenvalue weighted by Gasteiger charge is -2.36. The van der Waals surface area contributed by atoms with E-state index in [4.69, 9.17) is 4.99 Å². The molecule has 3 heterocycles. The van der Waals surface area contributed by atoms with E-state index in [9.17, 15) is 0 Å². The molecule has 124 valence electrons. The molecule has 3 aliphatic heterocycles. The van der Waals surface area contributed by atoms with Gasteiger partial charge < -0.3 is 9.80 Å². The molecular weight excluding hydrogens is 296 g/mol. The largest absolute Gasteiger partial charge is 0.369 e. The second-order valence-electron chi connectivity index (χ2n) is 6.92. The van der Waals surface area contributed by atoms with Crippen molar-refractivity contribution in [1.82, 2.24) is 4.90 Å². The predicted molar refractivity (Wildman–Crippen MR) is 102 cm³/mol. The Morgan fingerprint density at radius 1 is 1.00 bits per heavy atom. The van der Waals surface area contributed by atoms with Crippen LogP contribution in [0, 0.1) is 13.8 Å². The molecule has 0 aromatic heterocycles. The number of amidine groups is 1. The van der Waals surface area contributed by atoms with E-state index in [2.05, 4.69) is 60.0 Å². The second kappa shape index (κ2) is 6.02. The van der Waals surface area contributed by atoms with E-state index in [1.165, 1.54) is 22.4 Å². The second-order valence-corrected chi connectivity index (χ2v) is 6.92. The molecule has 24 heavy (non-hydrogen) atoms. The zero-order valence-corrected chi connectivity index (χ0v) is 14.7. The lowest BCUT2D eigenvalue weighted by Crippen LogP contribution is -2.45. The average molecular weight is 320 g/mol. The van der Waals surface area contributed by atoms with Gasteiger partial charge in [0.1, 0.15) is 0 Å². The predicted octanol–water partition coefficient (Wildman–Crippen LogP) is 3.21. The molecule has 4 heteroatoms. The van der Waals surface area contributed by atoms with Crippen LogP contribution in [-0.4, -0.2) is 50.2 Å². The number of piperazine rings is 1. The number of allylic oxidation sites excluding steroid dienone is 1. The van der Waals surface area contributed by atoms with Crippen LogP contribution in [0.1, 0.15) is 23.1 Å². The van der Waals surface area contributed by atoms with E-state index in [0.717, 1.165) is 49.7 Å². The maximum absolute atomic E-state index is 4.71. The van der Waals surface area contributed by atoms with Crippen LogP contribution >= 0.6 is 0 Å². The minimum absolute atomic E-state index is 0.856. The fourth-order valence-electron chi connectivity index (χ4n) is 3.78. The molecule has 4 nitrogen and oxygen atoms in total. The van der Waals surface area contributed by atoms with E-state index in [1.807, 2.05) is 6.21 Å². The van der Waals surface area contributed by atoms with Crippen LogP contribution in [0.2, 0.25) is 0 Å². The van der Waals surface area contributed by atoms with Crippen LogP contribution in [0.3, 0.4) is 0 Å². The number of fused-ring (bicyclic) bond motifs is 1. The number of hydrogen-bond donors (Lipinski definition) is 0. The monoisotopic (exact) mass is 320 g/mol. The first kappa shape index (κ1) is 15.3. The molecule has 1 aromatic rings. The maximum atomic E-state index is 4.71. The number of rotatable bonds is 2. The summed E-state index contributed by atoms with van der Waals surface area (Å²) in [5.74, 6) is 0.856. The molecule has 0 bridgehead atoms. The molecule has 0 amide bonds. The zero-order chi connectivity index (χ0) is 16.7. The molecule has 1 aromatic carbocycles. The van der Waals surface area contributed by atoms with Crippen molar-refractivity contribution in [2.75, 3.05) is 38.1 Å². The van der Waals surface area contributed by atoms with Gasteiger partial charge in [0, 0.05) is 55.6 Å². The summed E-state index contributed by atoms with van der Waals surface area (Å²) in [4.78, 5) is 14.0. The molecule has 0 aliphatic carbocycles. The third kappa shape index (κ3) is 2.71. The van der Waals surface area contributed by atoms with E-state index in [0.29, 0.717) is 0 Å². The number of aryl methyl sites for hydroxylation is 2. The molecule has 0 saturated carbocycles. The standard InChI is InChI=1S/C20H24N4/c1-14-11-17(18-13-16-5-4-6-21-20(16)22-18)12-15(2)19(14)24-9-7-23(3)8-10-24/h5-6,11-13H,4,7-10H2,1-3H3. The highest BCUT2D eigenvalue weighted by Crippen LogP contribution is 2.33. The van der Waals surface area contributed by atoms with Crippen molar-refractivity contribution >= 4 is 23.4 Å². The van der Waals surface area contributed by atoms with Crippen LogP contribution in [-0.2, 0) is 0 Å². The fraction of sp³-hybridized carbons (Fsp3) is 0.400. The van der Waals surface area contributed by atoms with Gasteiger partial charge in [-0.05, 0) is 50.2 Å². The van der Waals surface area contributed by atoms with Gasteiger partial charge in [-0.2, -0.15) is 0 Å². The molecule has 4 rings (SSSR count). The quantitative estimate of drug-likeness (QED) is 0.838. The summed E-state index contributed by atoms with van der Waals surface area (Å²) in [5.41, 5.74) is 7.46. The number of nitrogens with zero attached hydrogens (tertiary/aromatic N) is 4. The summed E-state index contributed by atoms with van der Waals surface area (Å²) < 4.78 is 0. The topological polar surface area (TPSA) is 31.2 Å². The van der Waals surface area contributed by atoms with Crippen LogP contribution in [0.15, 0.2) is 39.8 Å². The van der Waals surface area contributed by atoms with Gasteiger partial charge in [-0.3, -0.25) is 0 Å². The number of aliphatic imine (C=N–C) groups is 2. The van der Waals surface area contributed by atoms with Crippen molar-refractivity contribution in [3.63, 3.8) is 0 Å². The highest BCUT2D eigenvalue weighted by atomic mass is 15.2. The Morgan fingerprint density at radius 2 is 1.71 bits per heavy atom. The van der Waals surface area contributed by atoms with Crippen LogP contribution in [0.4, 0.5) is 5.69 Å². The maximum Gasteiger partial charge on any atom is 0.159 e. The fourth-order valence-corrected chi connectivity index (χ4v) is 3.78. The van der Waals surface area contributed by atoms with Gasteiger partial charge in [0.15, 0.2) is 5.84 Å². The zero-order valence-electron chi connectivity index (χ0n) is 14.7. The number of hydrogen-bond acceptors (Lipinski definition) is 4. The molecule has 0 N–H and O–H groups in total. The molecule has 0 unspecified atom stereocenters. The summed E-state index contributed by atoms with van der Waals surface area (Å²) in [7, 11) is 2.20. The lowest BCUT2D eigenvalue weighted by molar-refractivity contribution is 0.312. The van der Waals surface area contributed by atoms with Gasteiger partial charge in [0.25, 0.3) is 0 Å². The number of dihydropyridines is 1. The molecule has 0 atom stereocenters. The first-order valence-corrected chi connectivity index (χ1v) is 8.70. The van der Waals surface area contributed by atoms with Crippen molar-refractivity contribution in [2.45, 2.75) is 20.3 Å². The van der Waals surface area contributed by atoms with Gasteiger partial charge in [0.05, 0.1) is 5.70 Å². The first-order valence-electron chi connectivity index (χ1n) is 8.70. The van der Waals surface area contributed by atoms with Crippen molar-refractivity contribution in [1.29, 1.82) is 0 Å². The Labute approximate surface area is 143 Å². The number of likely N-dealkylation sites (N-methyl/N-ethyl adjacent to an activating group) is 1. The number of benzene rings is 1. The first-order chi connectivity index (χ1) is 11.6. The summed E-state index contributed by atoms with van der Waals surface area (Å²) in [6, 6.07) is 4.55. The third-order valence-electron chi connectivity index (χ3n) is 5.04. The number of anilines is 1. The van der Waals surface area contributed by atoms with Crippen molar-refractivity contribution in [3.05, 3.63) is 46.5 Å². The molecule has 0 radical (unpaired) electrons.